The quantitative estimate of drug-likeness (QED) is 0.622. The standard InChI is InChI=1S/C11H12.2CH3.Zr/c1-8-4-3-5-10-9(2)6-7-11(8)10;;;/h3-7,9H,1-2H3;2*1H3;/q;2*-1;+2. The van der Waals surface area contributed by atoms with E-state index in [1.807, 2.05) is 0 Å². The van der Waals surface area contributed by atoms with E-state index in [9.17, 15) is 0 Å². The van der Waals surface area contributed by atoms with Crippen molar-refractivity contribution in [2.75, 3.05) is 0 Å². The van der Waals surface area contributed by atoms with Crippen LogP contribution in [0.1, 0.15) is 29.5 Å². The van der Waals surface area contributed by atoms with Gasteiger partial charge < -0.3 is 14.9 Å². The van der Waals surface area contributed by atoms with E-state index in [4.69, 9.17) is 0 Å². The molecule has 0 radical (unpaired) electrons. The molecule has 0 amide bonds. The predicted octanol–water partition coefficient (Wildman–Crippen LogP) is 4.02. The zero-order chi connectivity index (χ0) is 7.84. The van der Waals surface area contributed by atoms with E-state index in [2.05, 4.69) is 44.2 Å². The summed E-state index contributed by atoms with van der Waals surface area (Å²) in [6.07, 6.45) is 4.49. The van der Waals surface area contributed by atoms with E-state index >= 15 is 0 Å². The minimum atomic E-state index is 0. The van der Waals surface area contributed by atoms with Crippen molar-refractivity contribution in [3.8, 4) is 0 Å². The van der Waals surface area contributed by atoms with Crippen LogP contribution in [-0.4, -0.2) is 0 Å². The van der Waals surface area contributed by atoms with E-state index in [1.165, 1.54) is 16.7 Å². The molecule has 1 aliphatic rings. The van der Waals surface area contributed by atoms with Gasteiger partial charge in [-0.1, -0.05) is 37.3 Å². The Morgan fingerprint density at radius 3 is 2.36 bits per heavy atom. The normalized spacial score (nSPS) is 16.0. The second kappa shape index (κ2) is 6.35. The van der Waals surface area contributed by atoms with Gasteiger partial charge in [-0.3, -0.25) is 0 Å². The number of rotatable bonds is 0. The van der Waals surface area contributed by atoms with E-state index in [-0.39, 0.29) is 41.1 Å². The summed E-state index contributed by atoms with van der Waals surface area (Å²) < 4.78 is 0. The van der Waals surface area contributed by atoms with Crippen LogP contribution in [-0.2, 0) is 26.2 Å². The third kappa shape index (κ3) is 2.67. The van der Waals surface area contributed by atoms with Gasteiger partial charge in [-0.25, -0.2) is 0 Å². The Labute approximate surface area is 108 Å². The Morgan fingerprint density at radius 2 is 1.79 bits per heavy atom. The summed E-state index contributed by atoms with van der Waals surface area (Å²) in [5, 5.41) is 0. The van der Waals surface area contributed by atoms with Crippen molar-refractivity contribution in [2.24, 2.45) is 0 Å². The van der Waals surface area contributed by atoms with Crippen LogP contribution in [0.2, 0.25) is 0 Å². The molecule has 0 nitrogen and oxygen atoms in total. The molecule has 0 bridgehead atoms. The van der Waals surface area contributed by atoms with Crippen molar-refractivity contribution in [1.29, 1.82) is 0 Å². The van der Waals surface area contributed by atoms with Gasteiger partial charge in [0.2, 0.25) is 0 Å². The maximum atomic E-state index is 2.26. The molecule has 1 aromatic rings. The number of allylic oxidation sites excluding steroid dienone is 1. The Balaban J connectivity index is 0. The maximum absolute atomic E-state index is 2.26. The second-order valence-electron chi connectivity index (χ2n) is 3.23. The van der Waals surface area contributed by atoms with Crippen LogP contribution >= 0.6 is 0 Å². The van der Waals surface area contributed by atoms with E-state index in [0.717, 1.165) is 0 Å². The Hall–Kier alpha value is -0.157. The first-order valence-corrected chi connectivity index (χ1v) is 4.07. The zero-order valence-electron chi connectivity index (χ0n) is 9.46. The molecule has 0 aromatic heterocycles. The van der Waals surface area contributed by atoms with Gasteiger partial charge in [0.25, 0.3) is 0 Å². The van der Waals surface area contributed by atoms with Crippen LogP contribution in [0.15, 0.2) is 24.3 Å². The molecule has 1 aliphatic carbocycles. The Morgan fingerprint density at radius 1 is 1.14 bits per heavy atom. The van der Waals surface area contributed by atoms with Crippen molar-refractivity contribution in [2.45, 2.75) is 19.8 Å². The maximum Gasteiger partial charge on any atom is 2.00 e. The first-order valence-electron chi connectivity index (χ1n) is 4.07. The molecule has 74 valence electrons. The van der Waals surface area contributed by atoms with Crippen molar-refractivity contribution >= 4 is 6.08 Å². The first kappa shape index (κ1) is 16.3. The summed E-state index contributed by atoms with van der Waals surface area (Å²) in [7, 11) is 0. The minimum absolute atomic E-state index is 0. The molecule has 14 heavy (non-hydrogen) atoms. The summed E-state index contributed by atoms with van der Waals surface area (Å²) in [4.78, 5) is 0. The average molecular weight is 266 g/mol. The van der Waals surface area contributed by atoms with Gasteiger partial charge in [-0.15, -0.1) is 0 Å². The Kier molecular flexibility index (Phi) is 7.38. The SMILES string of the molecule is Cc1cccc2c1C=CC2C.[CH3-].[CH3-].[Zr+2]. The fourth-order valence-corrected chi connectivity index (χ4v) is 1.67. The molecule has 0 aliphatic heterocycles. The Bertz CT molecular complexity index is 313. The summed E-state index contributed by atoms with van der Waals surface area (Å²) in [6.45, 7) is 4.41. The molecule has 0 fully saturated rings. The molecule has 0 saturated heterocycles. The topological polar surface area (TPSA) is 0 Å². The zero-order valence-corrected chi connectivity index (χ0v) is 11.9. The average Bonchev–Trinajstić information content (AvgIpc) is 2.35. The number of hydrogen-bond donors (Lipinski definition) is 0. The summed E-state index contributed by atoms with van der Waals surface area (Å²) >= 11 is 0. The molecule has 0 spiro atoms. The van der Waals surface area contributed by atoms with Crippen LogP contribution in [0.5, 0.6) is 0 Å². The van der Waals surface area contributed by atoms with Gasteiger partial charge in [0.1, 0.15) is 0 Å². The first-order chi connectivity index (χ1) is 5.29. The smallest absolute Gasteiger partial charge is 0.358 e. The van der Waals surface area contributed by atoms with Crippen molar-refractivity contribution in [3.63, 3.8) is 0 Å². The largest absolute Gasteiger partial charge is 2.00 e. The molecule has 0 saturated carbocycles. The second-order valence-corrected chi connectivity index (χ2v) is 3.23. The summed E-state index contributed by atoms with van der Waals surface area (Å²) in [6, 6.07) is 6.52. The molecule has 1 heteroatoms. The number of benzene rings is 1. The molecule has 1 atom stereocenters. The molecule has 1 aromatic carbocycles. The van der Waals surface area contributed by atoms with Crippen LogP contribution in [0.4, 0.5) is 0 Å². The third-order valence-electron chi connectivity index (χ3n) is 2.40. The van der Waals surface area contributed by atoms with Gasteiger partial charge in [0.05, 0.1) is 0 Å². The van der Waals surface area contributed by atoms with E-state index in [0.29, 0.717) is 5.92 Å². The molecule has 0 heterocycles. The molecular weight excluding hydrogens is 247 g/mol. The van der Waals surface area contributed by atoms with Gasteiger partial charge in [-0.2, -0.15) is 0 Å². The molecule has 1 unspecified atom stereocenters. The molecular formula is C13H18Zr. The van der Waals surface area contributed by atoms with Gasteiger partial charge in [0, 0.05) is 0 Å². The van der Waals surface area contributed by atoms with Gasteiger partial charge in [0.15, 0.2) is 0 Å². The summed E-state index contributed by atoms with van der Waals surface area (Å²) in [5.41, 5.74) is 4.30. The number of fused-ring (bicyclic) bond motifs is 1. The minimum Gasteiger partial charge on any atom is -0.358 e. The van der Waals surface area contributed by atoms with Crippen LogP contribution in [0.25, 0.3) is 6.08 Å². The monoisotopic (exact) mass is 264 g/mol. The third-order valence-corrected chi connectivity index (χ3v) is 2.40. The van der Waals surface area contributed by atoms with E-state index < -0.39 is 0 Å². The summed E-state index contributed by atoms with van der Waals surface area (Å²) in [5.74, 6) is 0.616. The van der Waals surface area contributed by atoms with Crippen molar-refractivity contribution < 1.29 is 26.2 Å². The fourth-order valence-electron chi connectivity index (χ4n) is 1.67. The fraction of sp³-hybridized carbons (Fsp3) is 0.231. The van der Waals surface area contributed by atoms with Crippen LogP contribution in [0, 0.1) is 21.8 Å². The number of aryl methyl sites for hydroxylation is 1. The van der Waals surface area contributed by atoms with Crippen molar-refractivity contribution in [1.82, 2.24) is 0 Å². The van der Waals surface area contributed by atoms with E-state index in [1.54, 1.807) is 0 Å². The van der Waals surface area contributed by atoms with Crippen LogP contribution < -0.4 is 0 Å². The number of hydrogen-bond acceptors (Lipinski definition) is 0. The van der Waals surface area contributed by atoms with Gasteiger partial charge >= 0.3 is 26.2 Å². The van der Waals surface area contributed by atoms with Gasteiger partial charge in [-0.05, 0) is 29.5 Å². The molecule has 2 rings (SSSR count). The molecule has 0 N–H and O–H groups in total. The van der Waals surface area contributed by atoms with Crippen molar-refractivity contribution in [3.05, 3.63) is 55.8 Å². The predicted molar refractivity (Wildman–Crippen MR) is 61.5 cm³/mol. The van der Waals surface area contributed by atoms with Crippen LogP contribution in [0.3, 0.4) is 0 Å².